The SMILES string of the molecule is CCN(CC)c1cccc2c(=O)c3cc4[nH]c5ccccc5c(=O)c4cc3n(CC)c12. The molecule has 1 N–H and O–H groups in total. The highest BCUT2D eigenvalue weighted by molar-refractivity contribution is 6.05. The van der Waals surface area contributed by atoms with E-state index < -0.39 is 0 Å². The summed E-state index contributed by atoms with van der Waals surface area (Å²) < 4.78 is 2.17. The van der Waals surface area contributed by atoms with Gasteiger partial charge in [0.1, 0.15) is 0 Å². The number of para-hydroxylation sites is 2. The van der Waals surface area contributed by atoms with Crippen molar-refractivity contribution < 1.29 is 0 Å². The second-order valence-electron chi connectivity index (χ2n) is 7.83. The number of H-pyrrole nitrogens is 1. The van der Waals surface area contributed by atoms with E-state index in [0.29, 0.717) is 33.6 Å². The van der Waals surface area contributed by atoms with Crippen LogP contribution in [0.15, 0.2) is 64.2 Å². The number of fused-ring (bicyclic) bond motifs is 4. The maximum atomic E-state index is 13.6. The number of rotatable bonds is 4. The highest BCUT2D eigenvalue weighted by Gasteiger charge is 2.17. The third-order valence-electron chi connectivity index (χ3n) is 6.31. The fourth-order valence-corrected chi connectivity index (χ4v) is 4.78. The number of anilines is 1. The lowest BCUT2D eigenvalue weighted by atomic mass is 10.0. The number of hydrogen-bond acceptors (Lipinski definition) is 3. The normalized spacial score (nSPS) is 11.7. The van der Waals surface area contributed by atoms with Crippen molar-refractivity contribution in [3.05, 3.63) is 75.0 Å². The first-order valence-electron chi connectivity index (χ1n) is 10.9. The van der Waals surface area contributed by atoms with Crippen LogP contribution in [0.25, 0.3) is 43.6 Å². The lowest BCUT2D eigenvalue weighted by Gasteiger charge is -2.25. The molecular weight excluding hydrogens is 386 g/mol. The molecule has 0 radical (unpaired) electrons. The van der Waals surface area contributed by atoms with Gasteiger partial charge in [-0.1, -0.05) is 18.2 Å². The van der Waals surface area contributed by atoms with Crippen molar-refractivity contribution in [1.82, 2.24) is 9.55 Å². The molecule has 0 saturated heterocycles. The zero-order chi connectivity index (χ0) is 21.7. The number of aromatic nitrogens is 2. The fraction of sp³-hybridized carbons (Fsp3) is 0.231. The predicted molar refractivity (Wildman–Crippen MR) is 131 cm³/mol. The summed E-state index contributed by atoms with van der Waals surface area (Å²) >= 11 is 0. The summed E-state index contributed by atoms with van der Waals surface area (Å²) in [6.07, 6.45) is 0. The molecule has 156 valence electrons. The largest absolute Gasteiger partial charge is 0.370 e. The predicted octanol–water partition coefficient (Wildman–Crippen LogP) is 5.02. The summed E-state index contributed by atoms with van der Waals surface area (Å²) in [5.41, 5.74) is 4.24. The number of hydrogen-bond donors (Lipinski definition) is 1. The molecule has 0 spiro atoms. The number of aromatic amines is 1. The Kier molecular flexibility index (Phi) is 4.54. The molecule has 0 fully saturated rings. The highest BCUT2D eigenvalue weighted by Crippen LogP contribution is 2.30. The van der Waals surface area contributed by atoms with Gasteiger partial charge in [0, 0.05) is 46.7 Å². The molecule has 0 atom stereocenters. The van der Waals surface area contributed by atoms with E-state index in [2.05, 4.69) is 41.3 Å². The van der Waals surface area contributed by atoms with Gasteiger partial charge in [-0.25, -0.2) is 0 Å². The van der Waals surface area contributed by atoms with Gasteiger partial charge >= 0.3 is 0 Å². The lowest BCUT2D eigenvalue weighted by Crippen LogP contribution is -2.24. The molecule has 0 aliphatic rings. The Morgan fingerprint density at radius 1 is 0.774 bits per heavy atom. The molecule has 5 aromatic rings. The molecule has 5 heteroatoms. The summed E-state index contributed by atoms with van der Waals surface area (Å²) in [5, 5.41) is 2.60. The van der Waals surface area contributed by atoms with E-state index in [1.165, 1.54) is 0 Å². The Hall–Kier alpha value is -3.60. The minimum Gasteiger partial charge on any atom is -0.370 e. The molecule has 0 bridgehead atoms. The summed E-state index contributed by atoms with van der Waals surface area (Å²) in [7, 11) is 0. The van der Waals surface area contributed by atoms with Gasteiger partial charge in [-0.05, 0) is 57.2 Å². The van der Waals surface area contributed by atoms with Crippen LogP contribution in [-0.4, -0.2) is 22.6 Å². The van der Waals surface area contributed by atoms with Crippen molar-refractivity contribution in [2.24, 2.45) is 0 Å². The molecule has 2 heterocycles. The Morgan fingerprint density at radius 3 is 2.23 bits per heavy atom. The van der Waals surface area contributed by atoms with Crippen molar-refractivity contribution >= 4 is 49.3 Å². The van der Waals surface area contributed by atoms with Crippen LogP contribution in [0.1, 0.15) is 20.8 Å². The van der Waals surface area contributed by atoms with Crippen LogP contribution in [0.3, 0.4) is 0 Å². The summed E-state index contributed by atoms with van der Waals surface area (Å²) in [4.78, 5) is 32.4. The van der Waals surface area contributed by atoms with Gasteiger partial charge in [0.25, 0.3) is 0 Å². The van der Waals surface area contributed by atoms with Crippen LogP contribution in [0.2, 0.25) is 0 Å². The quantitative estimate of drug-likeness (QED) is 0.423. The summed E-state index contributed by atoms with van der Waals surface area (Å²) in [5.74, 6) is 0. The van der Waals surface area contributed by atoms with E-state index in [4.69, 9.17) is 0 Å². The van der Waals surface area contributed by atoms with Crippen LogP contribution in [0, 0.1) is 0 Å². The molecule has 3 aromatic carbocycles. The van der Waals surface area contributed by atoms with Crippen LogP contribution in [-0.2, 0) is 6.54 Å². The number of pyridine rings is 2. The second kappa shape index (κ2) is 7.27. The standard InChI is InChI=1S/C26H25N3O2/c1-4-28(5-2)22-13-9-11-17-24(22)29(6-3)23-15-18-21(14-19(23)26(17)31)27-20-12-8-7-10-16(20)25(18)30/h7-15H,4-6H2,1-3H3,(H,27,30). The topological polar surface area (TPSA) is 58.1 Å². The second-order valence-corrected chi connectivity index (χ2v) is 7.83. The first-order valence-corrected chi connectivity index (χ1v) is 10.9. The molecule has 0 amide bonds. The summed E-state index contributed by atoms with van der Waals surface area (Å²) in [6, 6.07) is 17.2. The maximum Gasteiger partial charge on any atom is 0.197 e. The van der Waals surface area contributed by atoms with Crippen LogP contribution < -0.4 is 15.8 Å². The van der Waals surface area contributed by atoms with Gasteiger partial charge in [0.15, 0.2) is 10.9 Å². The van der Waals surface area contributed by atoms with Crippen molar-refractivity contribution in [3.8, 4) is 0 Å². The molecule has 31 heavy (non-hydrogen) atoms. The number of aryl methyl sites for hydroxylation is 1. The Bertz CT molecular complexity index is 1590. The zero-order valence-electron chi connectivity index (χ0n) is 18.0. The fourth-order valence-electron chi connectivity index (χ4n) is 4.78. The van der Waals surface area contributed by atoms with E-state index in [1.807, 2.05) is 48.5 Å². The summed E-state index contributed by atoms with van der Waals surface area (Å²) in [6.45, 7) is 8.73. The van der Waals surface area contributed by atoms with Gasteiger partial charge < -0.3 is 14.5 Å². The van der Waals surface area contributed by atoms with E-state index in [0.717, 1.165) is 35.3 Å². The monoisotopic (exact) mass is 411 g/mol. The van der Waals surface area contributed by atoms with Crippen molar-refractivity contribution in [3.63, 3.8) is 0 Å². The first-order chi connectivity index (χ1) is 15.1. The molecule has 0 aliphatic carbocycles. The highest BCUT2D eigenvalue weighted by atomic mass is 16.1. The Morgan fingerprint density at radius 2 is 1.48 bits per heavy atom. The van der Waals surface area contributed by atoms with Crippen molar-refractivity contribution in [1.29, 1.82) is 0 Å². The Balaban J connectivity index is 2.01. The van der Waals surface area contributed by atoms with Crippen LogP contribution in [0.5, 0.6) is 0 Å². The van der Waals surface area contributed by atoms with E-state index in [9.17, 15) is 9.59 Å². The number of nitrogens with zero attached hydrogens (tertiary/aromatic N) is 2. The smallest absolute Gasteiger partial charge is 0.197 e. The molecule has 2 aromatic heterocycles. The van der Waals surface area contributed by atoms with Crippen molar-refractivity contribution in [2.75, 3.05) is 18.0 Å². The third kappa shape index (κ3) is 2.76. The van der Waals surface area contributed by atoms with Gasteiger partial charge in [0.05, 0.1) is 22.2 Å². The van der Waals surface area contributed by atoms with E-state index in [-0.39, 0.29) is 10.9 Å². The molecule has 5 nitrogen and oxygen atoms in total. The maximum absolute atomic E-state index is 13.6. The third-order valence-corrected chi connectivity index (χ3v) is 6.31. The van der Waals surface area contributed by atoms with Gasteiger partial charge in [-0.2, -0.15) is 0 Å². The van der Waals surface area contributed by atoms with Gasteiger partial charge in [0.2, 0.25) is 0 Å². The zero-order valence-corrected chi connectivity index (χ0v) is 18.0. The average molecular weight is 412 g/mol. The first kappa shape index (κ1) is 19.4. The molecular formula is C26H25N3O2. The molecule has 0 saturated carbocycles. The van der Waals surface area contributed by atoms with E-state index >= 15 is 0 Å². The molecule has 0 aliphatic heterocycles. The van der Waals surface area contributed by atoms with E-state index in [1.54, 1.807) is 0 Å². The average Bonchev–Trinajstić information content (AvgIpc) is 2.80. The number of benzene rings is 3. The minimum atomic E-state index is -0.0153. The van der Waals surface area contributed by atoms with Crippen LogP contribution >= 0.6 is 0 Å². The van der Waals surface area contributed by atoms with Crippen molar-refractivity contribution in [2.45, 2.75) is 27.3 Å². The van der Waals surface area contributed by atoms with Gasteiger partial charge in [-0.3, -0.25) is 9.59 Å². The van der Waals surface area contributed by atoms with Crippen LogP contribution in [0.4, 0.5) is 5.69 Å². The number of nitrogens with one attached hydrogen (secondary N) is 1. The minimum absolute atomic E-state index is 0.000358. The Labute approximate surface area is 179 Å². The molecule has 0 unspecified atom stereocenters. The lowest BCUT2D eigenvalue weighted by molar-refractivity contribution is 0.810. The van der Waals surface area contributed by atoms with Gasteiger partial charge in [-0.15, -0.1) is 0 Å². The molecule has 5 rings (SSSR count).